The molecule has 3 nitrogen and oxygen atoms in total. The van der Waals surface area contributed by atoms with Crippen LogP contribution in [0.15, 0.2) is 42.5 Å². The number of rotatable bonds is 2. The smallest absolute Gasteiger partial charge is 0.126 e. The van der Waals surface area contributed by atoms with Gasteiger partial charge in [0.15, 0.2) is 0 Å². The van der Waals surface area contributed by atoms with Crippen molar-refractivity contribution in [2.75, 3.05) is 7.11 Å². The Labute approximate surface area is 119 Å². The number of hydrogen-bond donors (Lipinski definition) is 1. The van der Waals surface area contributed by atoms with Gasteiger partial charge in [-0.05, 0) is 30.7 Å². The molecule has 0 saturated heterocycles. The van der Waals surface area contributed by atoms with Crippen LogP contribution in [0.5, 0.6) is 11.5 Å². The van der Waals surface area contributed by atoms with Gasteiger partial charge in [-0.25, -0.2) is 0 Å². The Morgan fingerprint density at radius 2 is 1.90 bits per heavy atom. The maximum atomic E-state index is 6.29. The van der Waals surface area contributed by atoms with Crippen molar-refractivity contribution in [3.8, 4) is 11.5 Å². The summed E-state index contributed by atoms with van der Waals surface area (Å²) in [6, 6.07) is 14.2. The number of ether oxygens (including phenoxy) is 2. The Morgan fingerprint density at radius 3 is 2.60 bits per heavy atom. The van der Waals surface area contributed by atoms with Gasteiger partial charge >= 0.3 is 0 Å². The zero-order chi connectivity index (χ0) is 14.1. The molecule has 0 aliphatic carbocycles. The Morgan fingerprint density at radius 1 is 1.15 bits per heavy atom. The molecule has 0 aromatic heterocycles. The highest BCUT2D eigenvalue weighted by molar-refractivity contribution is 5.42. The number of fused-ring (bicyclic) bond motifs is 1. The van der Waals surface area contributed by atoms with E-state index in [1.54, 1.807) is 7.11 Å². The Bertz CT molecular complexity index is 607. The Kier molecular flexibility index (Phi) is 3.36. The molecule has 0 spiro atoms. The van der Waals surface area contributed by atoms with Gasteiger partial charge in [-0.2, -0.15) is 0 Å². The zero-order valence-electron chi connectivity index (χ0n) is 11.8. The fraction of sp³-hybridized carbons (Fsp3) is 0.294. The van der Waals surface area contributed by atoms with Crippen molar-refractivity contribution < 1.29 is 9.47 Å². The molecule has 2 N–H and O–H groups in total. The molecule has 2 aromatic rings. The van der Waals surface area contributed by atoms with E-state index in [4.69, 9.17) is 15.2 Å². The number of hydrogen-bond acceptors (Lipinski definition) is 3. The summed E-state index contributed by atoms with van der Waals surface area (Å²) >= 11 is 0. The maximum absolute atomic E-state index is 6.29. The first-order valence-electron chi connectivity index (χ1n) is 6.84. The molecule has 1 heterocycles. The highest BCUT2D eigenvalue weighted by atomic mass is 16.5. The molecule has 2 aromatic carbocycles. The van der Waals surface area contributed by atoms with Crippen LogP contribution in [0, 0.1) is 6.92 Å². The van der Waals surface area contributed by atoms with E-state index in [9.17, 15) is 0 Å². The van der Waals surface area contributed by atoms with Gasteiger partial charge in [-0.3, -0.25) is 0 Å². The van der Waals surface area contributed by atoms with Gasteiger partial charge in [0.2, 0.25) is 0 Å². The minimum atomic E-state index is 0.00566. The van der Waals surface area contributed by atoms with Crippen molar-refractivity contribution in [2.24, 2.45) is 5.73 Å². The first-order valence-corrected chi connectivity index (χ1v) is 6.84. The lowest BCUT2D eigenvalue weighted by Crippen LogP contribution is -2.24. The molecule has 0 bridgehead atoms. The molecule has 2 atom stereocenters. The predicted octanol–water partition coefficient (Wildman–Crippen LogP) is 3.53. The molecule has 3 heteroatoms. The molecule has 104 valence electrons. The van der Waals surface area contributed by atoms with E-state index in [2.05, 4.69) is 19.1 Å². The zero-order valence-corrected chi connectivity index (χ0v) is 11.8. The predicted molar refractivity (Wildman–Crippen MR) is 79.1 cm³/mol. The van der Waals surface area contributed by atoms with E-state index in [1.165, 1.54) is 5.56 Å². The largest absolute Gasteiger partial charge is 0.497 e. The monoisotopic (exact) mass is 269 g/mol. The fourth-order valence-corrected chi connectivity index (χ4v) is 2.65. The molecule has 0 fully saturated rings. The first-order chi connectivity index (χ1) is 9.67. The number of nitrogens with two attached hydrogens (primary N) is 1. The van der Waals surface area contributed by atoms with E-state index in [-0.39, 0.29) is 12.1 Å². The van der Waals surface area contributed by atoms with Crippen molar-refractivity contribution in [3.63, 3.8) is 0 Å². The van der Waals surface area contributed by atoms with Crippen LogP contribution in [-0.2, 0) is 0 Å². The van der Waals surface area contributed by atoms with Crippen LogP contribution in [0.25, 0.3) is 0 Å². The highest BCUT2D eigenvalue weighted by Gasteiger charge is 2.27. The summed E-state index contributed by atoms with van der Waals surface area (Å²) in [5.41, 5.74) is 9.75. The minimum Gasteiger partial charge on any atom is -0.497 e. The standard InChI is InChI=1S/C17H19NO2/c1-11-3-8-16-14(9-11)15(18)10-17(20-16)12-4-6-13(19-2)7-5-12/h3-9,15,17H,10,18H2,1-2H3/t15-,17?/m0/s1. The van der Waals surface area contributed by atoms with Crippen molar-refractivity contribution in [1.29, 1.82) is 0 Å². The van der Waals surface area contributed by atoms with Crippen molar-refractivity contribution in [2.45, 2.75) is 25.5 Å². The number of benzene rings is 2. The van der Waals surface area contributed by atoms with E-state index in [0.29, 0.717) is 0 Å². The summed E-state index contributed by atoms with van der Waals surface area (Å²) in [4.78, 5) is 0. The van der Waals surface area contributed by atoms with Gasteiger partial charge < -0.3 is 15.2 Å². The second-order valence-corrected chi connectivity index (χ2v) is 5.26. The average Bonchev–Trinajstić information content (AvgIpc) is 2.48. The number of aryl methyl sites for hydroxylation is 1. The van der Waals surface area contributed by atoms with Crippen LogP contribution in [0.4, 0.5) is 0 Å². The molecule has 0 radical (unpaired) electrons. The van der Waals surface area contributed by atoms with Gasteiger partial charge in [-0.15, -0.1) is 0 Å². The van der Waals surface area contributed by atoms with Crippen molar-refractivity contribution in [1.82, 2.24) is 0 Å². The summed E-state index contributed by atoms with van der Waals surface area (Å²) in [6.45, 7) is 2.07. The second-order valence-electron chi connectivity index (χ2n) is 5.26. The van der Waals surface area contributed by atoms with Gasteiger partial charge in [0.1, 0.15) is 17.6 Å². The normalized spacial score (nSPS) is 20.9. The first kappa shape index (κ1) is 13.0. The van der Waals surface area contributed by atoms with Crippen LogP contribution in [0.3, 0.4) is 0 Å². The third kappa shape index (κ3) is 2.37. The lowest BCUT2D eigenvalue weighted by Gasteiger charge is -2.31. The molecular formula is C17H19NO2. The third-order valence-electron chi connectivity index (χ3n) is 3.79. The van der Waals surface area contributed by atoms with Crippen LogP contribution in [0.1, 0.15) is 35.3 Å². The Balaban J connectivity index is 1.88. The average molecular weight is 269 g/mol. The van der Waals surface area contributed by atoms with Crippen LogP contribution >= 0.6 is 0 Å². The summed E-state index contributed by atoms with van der Waals surface area (Å²) in [5, 5.41) is 0. The summed E-state index contributed by atoms with van der Waals surface area (Å²) in [5.74, 6) is 1.75. The van der Waals surface area contributed by atoms with Gasteiger partial charge in [0, 0.05) is 18.0 Å². The Hall–Kier alpha value is -2.00. The van der Waals surface area contributed by atoms with Crippen LogP contribution < -0.4 is 15.2 Å². The lowest BCUT2D eigenvalue weighted by atomic mass is 9.92. The fourth-order valence-electron chi connectivity index (χ4n) is 2.65. The van der Waals surface area contributed by atoms with Crippen molar-refractivity contribution >= 4 is 0 Å². The molecule has 20 heavy (non-hydrogen) atoms. The molecule has 3 rings (SSSR count). The van der Waals surface area contributed by atoms with E-state index in [0.717, 1.165) is 29.0 Å². The van der Waals surface area contributed by atoms with E-state index >= 15 is 0 Å². The molecule has 1 unspecified atom stereocenters. The minimum absolute atomic E-state index is 0.00566. The highest BCUT2D eigenvalue weighted by Crippen LogP contribution is 2.40. The maximum Gasteiger partial charge on any atom is 0.126 e. The van der Waals surface area contributed by atoms with E-state index in [1.807, 2.05) is 30.3 Å². The summed E-state index contributed by atoms with van der Waals surface area (Å²) < 4.78 is 11.3. The van der Waals surface area contributed by atoms with Crippen LogP contribution in [-0.4, -0.2) is 7.11 Å². The topological polar surface area (TPSA) is 44.5 Å². The molecule has 1 aliphatic heterocycles. The van der Waals surface area contributed by atoms with E-state index < -0.39 is 0 Å². The second kappa shape index (κ2) is 5.17. The quantitative estimate of drug-likeness (QED) is 0.907. The van der Waals surface area contributed by atoms with Gasteiger partial charge in [0.25, 0.3) is 0 Å². The molecule has 0 saturated carbocycles. The SMILES string of the molecule is COc1ccc(C2C[C@H](N)c3cc(C)ccc3O2)cc1. The molecular weight excluding hydrogens is 250 g/mol. The summed E-state index contributed by atoms with van der Waals surface area (Å²) in [6.07, 6.45) is 0.800. The number of methoxy groups -OCH3 is 1. The van der Waals surface area contributed by atoms with Crippen molar-refractivity contribution in [3.05, 3.63) is 59.2 Å². The molecule has 1 aliphatic rings. The molecule has 0 amide bonds. The van der Waals surface area contributed by atoms with Gasteiger partial charge in [0.05, 0.1) is 7.11 Å². The van der Waals surface area contributed by atoms with Gasteiger partial charge in [-0.1, -0.05) is 29.8 Å². The summed E-state index contributed by atoms with van der Waals surface area (Å²) in [7, 11) is 1.67. The van der Waals surface area contributed by atoms with Crippen LogP contribution in [0.2, 0.25) is 0 Å². The lowest BCUT2D eigenvalue weighted by molar-refractivity contribution is 0.161. The third-order valence-corrected chi connectivity index (χ3v) is 3.79.